The number of aliphatic imine (C=N–C) groups is 1. The smallest absolute Gasteiger partial charge is 0.193 e. The number of hydrogen-bond donors (Lipinski definition) is 1. The van der Waals surface area contributed by atoms with Crippen LogP contribution in [-0.4, -0.2) is 61.6 Å². The highest BCUT2D eigenvalue weighted by molar-refractivity contribution is 14.0. The van der Waals surface area contributed by atoms with E-state index in [0.29, 0.717) is 6.04 Å². The molecule has 2 aliphatic heterocycles. The van der Waals surface area contributed by atoms with Gasteiger partial charge in [-0.1, -0.05) is 12.8 Å². The summed E-state index contributed by atoms with van der Waals surface area (Å²) in [6, 6.07) is 0.656. The van der Waals surface area contributed by atoms with Gasteiger partial charge in [0.05, 0.1) is 6.54 Å². The molecular formula is C17H33IN4. The van der Waals surface area contributed by atoms with E-state index in [1.165, 1.54) is 64.1 Å². The van der Waals surface area contributed by atoms with Gasteiger partial charge in [-0.2, -0.15) is 0 Å². The van der Waals surface area contributed by atoms with Crippen LogP contribution in [0.15, 0.2) is 4.99 Å². The second-order valence-corrected chi connectivity index (χ2v) is 7.18. The molecule has 0 amide bonds. The first-order valence-electron chi connectivity index (χ1n) is 9.01. The molecule has 0 aromatic heterocycles. The van der Waals surface area contributed by atoms with Gasteiger partial charge in [0, 0.05) is 25.7 Å². The number of halogens is 1. The lowest BCUT2D eigenvalue weighted by Crippen LogP contribution is -2.41. The highest BCUT2D eigenvalue weighted by Crippen LogP contribution is 2.35. The normalized spacial score (nSPS) is 32.7. The first-order valence-corrected chi connectivity index (χ1v) is 9.01. The van der Waals surface area contributed by atoms with E-state index < -0.39 is 0 Å². The van der Waals surface area contributed by atoms with Crippen molar-refractivity contribution >= 4 is 29.9 Å². The molecule has 3 rings (SSSR count). The number of guanidine groups is 1. The predicted octanol–water partition coefficient (Wildman–Crippen LogP) is 2.79. The lowest BCUT2D eigenvalue weighted by molar-refractivity contribution is 0.299. The summed E-state index contributed by atoms with van der Waals surface area (Å²) in [5, 5.41) is 3.53. The summed E-state index contributed by atoms with van der Waals surface area (Å²) in [6.07, 6.45) is 8.40. The zero-order chi connectivity index (χ0) is 14.7. The molecule has 5 heteroatoms. The Morgan fingerprint density at radius 2 is 1.77 bits per heavy atom. The largest absolute Gasteiger partial charge is 0.357 e. The summed E-state index contributed by atoms with van der Waals surface area (Å²) in [5.74, 6) is 3.03. The third-order valence-electron chi connectivity index (χ3n) is 5.73. The van der Waals surface area contributed by atoms with Gasteiger partial charge in [0.25, 0.3) is 0 Å². The standard InChI is InChI=1S/C17H32N4.HI/c1-3-18-17(19-11-16-9-6-10-20(16)2)21-12-14-7-4-5-8-15(14)13-21;/h14-16H,3-13H2,1-2H3,(H,18,19);1H. The Morgan fingerprint density at radius 1 is 1.09 bits per heavy atom. The Bertz CT molecular complexity index is 360. The van der Waals surface area contributed by atoms with Gasteiger partial charge < -0.3 is 15.1 Å². The molecule has 3 fully saturated rings. The maximum atomic E-state index is 4.98. The molecule has 3 aliphatic rings. The van der Waals surface area contributed by atoms with Crippen molar-refractivity contribution in [3.63, 3.8) is 0 Å². The van der Waals surface area contributed by atoms with Crippen molar-refractivity contribution in [2.24, 2.45) is 16.8 Å². The lowest BCUT2D eigenvalue weighted by atomic mass is 9.82. The molecule has 128 valence electrons. The zero-order valence-corrected chi connectivity index (χ0v) is 16.6. The van der Waals surface area contributed by atoms with E-state index >= 15 is 0 Å². The summed E-state index contributed by atoms with van der Waals surface area (Å²) in [6.45, 7) is 7.83. The highest BCUT2D eigenvalue weighted by Gasteiger charge is 2.35. The van der Waals surface area contributed by atoms with E-state index in [4.69, 9.17) is 4.99 Å². The minimum atomic E-state index is 0. The van der Waals surface area contributed by atoms with E-state index in [9.17, 15) is 0 Å². The number of fused-ring (bicyclic) bond motifs is 1. The number of likely N-dealkylation sites (N-methyl/N-ethyl adjacent to an activating group) is 1. The van der Waals surface area contributed by atoms with Crippen LogP contribution in [0.4, 0.5) is 0 Å². The molecule has 3 atom stereocenters. The Hall–Kier alpha value is -0.0400. The monoisotopic (exact) mass is 420 g/mol. The zero-order valence-electron chi connectivity index (χ0n) is 14.3. The van der Waals surface area contributed by atoms with Crippen molar-refractivity contribution in [3.05, 3.63) is 0 Å². The fourth-order valence-electron chi connectivity index (χ4n) is 4.41. The van der Waals surface area contributed by atoms with Crippen molar-refractivity contribution in [2.75, 3.05) is 39.8 Å². The number of hydrogen-bond acceptors (Lipinski definition) is 2. The average molecular weight is 420 g/mol. The Kier molecular flexibility index (Phi) is 7.25. The summed E-state index contributed by atoms with van der Waals surface area (Å²) in [4.78, 5) is 9.99. The molecule has 1 saturated carbocycles. The fourth-order valence-corrected chi connectivity index (χ4v) is 4.41. The molecule has 0 radical (unpaired) electrons. The molecule has 0 aromatic rings. The number of rotatable bonds is 3. The lowest BCUT2D eigenvalue weighted by Gasteiger charge is -2.23. The van der Waals surface area contributed by atoms with Crippen LogP contribution in [0, 0.1) is 11.8 Å². The quantitative estimate of drug-likeness (QED) is 0.433. The van der Waals surface area contributed by atoms with E-state index in [0.717, 1.165) is 24.9 Å². The molecule has 0 aromatic carbocycles. The van der Waals surface area contributed by atoms with Crippen LogP contribution in [0.5, 0.6) is 0 Å². The van der Waals surface area contributed by atoms with Crippen LogP contribution < -0.4 is 5.32 Å². The molecule has 2 heterocycles. The van der Waals surface area contributed by atoms with Crippen LogP contribution in [0.25, 0.3) is 0 Å². The van der Waals surface area contributed by atoms with E-state index in [-0.39, 0.29) is 24.0 Å². The highest BCUT2D eigenvalue weighted by atomic mass is 127. The minimum Gasteiger partial charge on any atom is -0.357 e. The molecule has 0 bridgehead atoms. The molecule has 1 N–H and O–H groups in total. The van der Waals surface area contributed by atoms with Crippen LogP contribution in [-0.2, 0) is 0 Å². The molecule has 0 spiro atoms. The van der Waals surface area contributed by atoms with Crippen LogP contribution in [0.3, 0.4) is 0 Å². The van der Waals surface area contributed by atoms with Crippen molar-refractivity contribution in [2.45, 2.75) is 51.5 Å². The molecular weight excluding hydrogens is 387 g/mol. The number of nitrogens with one attached hydrogen (secondary N) is 1. The second kappa shape index (κ2) is 8.71. The van der Waals surface area contributed by atoms with Crippen molar-refractivity contribution in [1.82, 2.24) is 15.1 Å². The summed E-state index contributed by atoms with van der Waals surface area (Å²) < 4.78 is 0. The second-order valence-electron chi connectivity index (χ2n) is 7.18. The number of likely N-dealkylation sites (tertiary alicyclic amines) is 2. The van der Waals surface area contributed by atoms with Gasteiger partial charge in [-0.05, 0) is 58.0 Å². The first-order chi connectivity index (χ1) is 10.3. The Balaban J connectivity index is 0.00000176. The van der Waals surface area contributed by atoms with Crippen molar-refractivity contribution in [1.29, 1.82) is 0 Å². The van der Waals surface area contributed by atoms with Gasteiger partial charge >= 0.3 is 0 Å². The maximum absolute atomic E-state index is 4.98. The molecule has 3 unspecified atom stereocenters. The van der Waals surface area contributed by atoms with Crippen molar-refractivity contribution in [3.8, 4) is 0 Å². The average Bonchev–Trinajstić information content (AvgIpc) is 3.09. The fraction of sp³-hybridized carbons (Fsp3) is 0.941. The van der Waals surface area contributed by atoms with Gasteiger partial charge in [0.1, 0.15) is 0 Å². The van der Waals surface area contributed by atoms with Gasteiger partial charge in [0.15, 0.2) is 5.96 Å². The topological polar surface area (TPSA) is 30.9 Å². The van der Waals surface area contributed by atoms with Crippen LogP contribution in [0.2, 0.25) is 0 Å². The van der Waals surface area contributed by atoms with E-state index in [2.05, 4.69) is 29.1 Å². The van der Waals surface area contributed by atoms with Crippen LogP contribution in [0.1, 0.15) is 45.4 Å². The molecule has 2 saturated heterocycles. The van der Waals surface area contributed by atoms with E-state index in [1.54, 1.807) is 0 Å². The number of nitrogens with zero attached hydrogens (tertiary/aromatic N) is 3. The molecule has 4 nitrogen and oxygen atoms in total. The molecule has 1 aliphatic carbocycles. The van der Waals surface area contributed by atoms with Gasteiger partial charge in [-0.15, -0.1) is 24.0 Å². The van der Waals surface area contributed by atoms with Gasteiger partial charge in [-0.3, -0.25) is 4.99 Å². The van der Waals surface area contributed by atoms with Crippen molar-refractivity contribution < 1.29 is 0 Å². The van der Waals surface area contributed by atoms with E-state index in [1.807, 2.05) is 0 Å². The summed E-state index contributed by atoms with van der Waals surface area (Å²) in [7, 11) is 2.24. The summed E-state index contributed by atoms with van der Waals surface area (Å²) in [5.41, 5.74) is 0. The minimum absolute atomic E-state index is 0. The summed E-state index contributed by atoms with van der Waals surface area (Å²) >= 11 is 0. The first kappa shape index (κ1) is 18.3. The Morgan fingerprint density at radius 3 is 2.32 bits per heavy atom. The predicted molar refractivity (Wildman–Crippen MR) is 104 cm³/mol. The molecule has 22 heavy (non-hydrogen) atoms. The third kappa shape index (κ3) is 4.28. The van der Waals surface area contributed by atoms with Gasteiger partial charge in [-0.25, -0.2) is 0 Å². The SMILES string of the molecule is CCNC(=NCC1CCCN1C)N1CC2CCCCC2C1.I. The Labute approximate surface area is 153 Å². The van der Waals surface area contributed by atoms with Crippen LogP contribution >= 0.6 is 24.0 Å². The third-order valence-corrected chi connectivity index (χ3v) is 5.73. The maximum Gasteiger partial charge on any atom is 0.193 e. The van der Waals surface area contributed by atoms with Gasteiger partial charge in [0.2, 0.25) is 0 Å².